The summed E-state index contributed by atoms with van der Waals surface area (Å²) in [5, 5.41) is 8.34. The molecule has 0 aromatic rings. The van der Waals surface area contributed by atoms with Gasteiger partial charge in [0, 0.05) is 0 Å². The Hall–Kier alpha value is -0.620. The van der Waals surface area contributed by atoms with E-state index in [0.29, 0.717) is 4.38 Å². The molecule has 6 heteroatoms. The maximum Gasteiger partial charge on any atom is 0.310 e. The normalized spacial score (nSPS) is 11.9. The van der Waals surface area contributed by atoms with Crippen LogP contribution in [0.25, 0.3) is 0 Å². The predicted molar refractivity (Wildman–Crippen MR) is 63.2 cm³/mol. The molecule has 0 fully saturated rings. The van der Waals surface area contributed by atoms with Crippen LogP contribution in [0.15, 0.2) is 0 Å². The lowest BCUT2D eigenvalue weighted by molar-refractivity contribution is -0.139. The molecule has 0 aromatic carbocycles. The number of Topliss-reactive ketones (excluding diaryl/α,β-unsaturated/α-hetero) is 1. The van der Waals surface area contributed by atoms with Crippen molar-refractivity contribution in [1.82, 2.24) is 0 Å². The van der Waals surface area contributed by atoms with E-state index in [4.69, 9.17) is 22.1 Å². The van der Waals surface area contributed by atoms with Crippen molar-refractivity contribution in [2.24, 2.45) is 0 Å². The minimum atomic E-state index is -1.12. The fourth-order valence-electron chi connectivity index (χ4n) is 0.641. The first-order valence-corrected chi connectivity index (χ1v) is 5.92. The predicted octanol–water partition coefficient (Wildman–Crippen LogP) is 1.86. The van der Waals surface area contributed by atoms with Crippen molar-refractivity contribution in [3.63, 3.8) is 0 Å². The molecule has 0 spiro atoms. The van der Waals surface area contributed by atoms with Crippen molar-refractivity contribution in [2.75, 3.05) is 5.75 Å². The number of carboxylic acid groups (broad SMARTS) is 1. The highest BCUT2D eigenvalue weighted by atomic mass is 32.2. The summed E-state index contributed by atoms with van der Waals surface area (Å²) < 4.78 is 5.54. The van der Waals surface area contributed by atoms with Gasteiger partial charge in [0.15, 0.2) is 5.78 Å². The Balaban J connectivity index is 3.71. The molecule has 1 atom stereocenters. The number of hydrogen-bond acceptors (Lipinski definition) is 5. The number of ketones is 1. The molecule has 1 unspecified atom stereocenters. The van der Waals surface area contributed by atoms with E-state index in [1.807, 2.05) is 13.8 Å². The van der Waals surface area contributed by atoms with E-state index < -0.39 is 12.4 Å². The zero-order valence-corrected chi connectivity index (χ0v) is 10.3. The molecule has 1 N–H and O–H groups in total. The van der Waals surface area contributed by atoms with E-state index in [-0.39, 0.29) is 17.6 Å². The molecule has 0 radical (unpaired) electrons. The van der Waals surface area contributed by atoms with Crippen LogP contribution >= 0.6 is 24.0 Å². The summed E-state index contributed by atoms with van der Waals surface area (Å²) >= 11 is 5.94. The van der Waals surface area contributed by atoms with Gasteiger partial charge in [0.25, 0.3) is 0 Å². The summed E-state index contributed by atoms with van der Waals surface area (Å²) in [5.74, 6) is -1.42. The second-order valence-corrected chi connectivity index (χ2v) is 4.56. The molecule has 0 rings (SSSR count). The van der Waals surface area contributed by atoms with E-state index in [9.17, 15) is 9.59 Å². The standard InChI is InChI=1S/C9H14O4S2/c1-3-6(2)13-9(14)15-5-7(10)4-8(11)12/h6H,3-5H2,1-2H3,(H,11,12). The molecule has 0 aliphatic carbocycles. The molecule has 0 aliphatic heterocycles. The highest BCUT2D eigenvalue weighted by molar-refractivity contribution is 8.23. The SMILES string of the molecule is CCC(C)OC(=S)SCC(=O)CC(=O)O. The van der Waals surface area contributed by atoms with Crippen LogP contribution in [0.1, 0.15) is 26.7 Å². The number of aliphatic carboxylic acids is 1. The summed E-state index contributed by atoms with van der Waals surface area (Å²) in [5.41, 5.74) is 0. The van der Waals surface area contributed by atoms with Crippen molar-refractivity contribution in [2.45, 2.75) is 32.8 Å². The van der Waals surface area contributed by atoms with Crippen LogP contribution in [-0.2, 0) is 14.3 Å². The van der Waals surface area contributed by atoms with Gasteiger partial charge in [-0.1, -0.05) is 18.7 Å². The average Bonchev–Trinajstić information content (AvgIpc) is 2.13. The number of thiocarbonyl (C=S) groups is 1. The third-order valence-electron chi connectivity index (χ3n) is 1.57. The molecule has 0 amide bonds. The van der Waals surface area contributed by atoms with Crippen LogP contribution in [0.3, 0.4) is 0 Å². The van der Waals surface area contributed by atoms with Gasteiger partial charge in [0.1, 0.15) is 6.42 Å². The van der Waals surface area contributed by atoms with E-state index in [0.717, 1.165) is 18.2 Å². The minimum absolute atomic E-state index is 0.0274. The number of thioether (sulfide) groups is 1. The molecule has 0 bridgehead atoms. The summed E-state index contributed by atoms with van der Waals surface area (Å²) in [6, 6.07) is 0. The lowest BCUT2D eigenvalue weighted by atomic mass is 10.3. The van der Waals surface area contributed by atoms with Gasteiger partial charge < -0.3 is 9.84 Å². The average molecular weight is 250 g/mol. The Morgan fingerprint density at radius 2 is 2.13 bits per heavy atom. The summed E-state index contributed by atoms with van der Waals surface area (Å²) in [6.45, 7) is 3.85. The van der Waals surface area contributed by atoms with Crippen molar-refractivity contribution in [3.8, 4) is 0 Å². The zero-order chi connectivity index (χ0) is 11.8. The van der Waals surface area contributed by atoms with Crippen LogP contribution in [0.4, 0.5) is 0 Å². The van der Waals surface area contributed by atoms with Gasteiger partial charge in [-0.25, -0.2) is 0 Å². The second kappa shape index (κ2) is 7.64. The number of hydrogen-bond donors (Lipinski definition) is 1. The number of ether oxygens (including phenoxy) is 1. The zero-order valence-electron chi connectivity index (χ0n) is 8.69. The monoisotopic (exact) mass is 250 g/mol. The highest BCUT2D eigenvalue weighted by Crippen LogP contribution is 2.10. The topological polar surface area (TPSA) is 63.6 Å². The smallest absolute Gasteiger partial charge is 0.310 e. The summed E-state index contributed by atoms with van der Waals surface area (Å²) in [4.78, 5) is 21.2. The molecule has 0 heterocycles. The number of carbonyl (C=O) groups is 2. The largest absolute Gasteiger partial charge is 0.481 e. The van der Waals surface area contributed by atoms with Crippen molar-refractivity contribution < 1.29 is 19.4 Å². The number of carbonyl (C=O) groups excluding carboxylic acids is 1. The van der Waals surface area contributed by atoms with Gasteiger partial charge in [-0.2, -0.15) is 0 Å². The Labute approximate surface area is 98.4 Å². The minimum Gasteiger partial charge on any atom is -0.481 e. The van der Waals surface area contributed by atoms with Crippen LogP contribution in [0, 0.1) is 0 Å². The Morgan fingerprint density at radius 3 is 2.60 bits per heavy atom. The van der Waals surface area contributed by atoms with E-state index >= 15 is 0 Å². The third-order valence-corrected chi connectivity index (χ3v) is 2.82. The maximum absolute atomic E-state index is 11.0. The van der Waals surface area contributed by atoms with Crippen LogP contribution in [0.2, 0.25) is 0 Å². The van der Waals surface area contributed by atoms with Crippen LogP contribution in [-0.4, -0.2) is 33.1 Å². The molecule has 0 aliphatic rings. The number of carboxylic acids is 1. The van der Waals surface area contributed by atoms with Crippen molar-refractivity contribution >= 4 is 40.1 Å². The molecule has 0 saturated heterocycles. The highest BCUT2D eigenvalue weighted by Gasteiger charge is 2.11. The first kappa shape index (κ1) is 14.4. The maximum atomic E-state index is 11.0. The lowest BCUT2D eigenvalue weighted by Crippen LogP contribution is -2.13. The second-order valence-electron chi connectivity index (χ2n) is 2.98. The molecule has 15 heavy (non-hydrogen) atoms. The van der Waals surface area contributed by atoms with Gasteiger partial charge in [0.05, 0.1) is 11.9 Å². The Morgan fingerprint density at radius 1 is 1.53 bits per heavy atom. The summed E-state index contributed by atoms with van der Waals surface area (Å²) in [6.07, 6.45) is 0.405. The fourth-order valence-corrected chi connectivity index (χ4v) is 1.59. The third kappa shape index (κ3) is 8.38. The lowest BCUT2D eigenvalue weighted by Gasteiger charge is -2.11. The molecule has 0 aromatic heterocycles. The van der Waals surface area contributed by atoms with E-state index in [2.05, 4.69) is 0 Å². The fraction of sp³-hybridized carbons (Fsp3) is 0.667. The number of rotatable bonds is 6. The quantitative estimate of drug-likeness (QED) is 0.573. The van der Waals surface area contributed by atoms with Gasteiger partial charge in [-0.15, -0.1) is 0 Å². The molecule has 86 valence electrons. The van der Waals surface area contributed by atoms with Crippen LogP contribution in [0.5, 0.6) is 0 Å². The van der Waals surface area contributed by atoms with Gasteiger partial charge in [-0.3, -0.25) is 9.59 Å². The Kier molecular flexibility index (Phi) is 7.33. The molecular formula is C9H14O4S2. The van der Waals surface area contributed by atoms with Gasteiger partial charge >= 0.3 is 5.97 Å². The van der Waals surface area contributed by atoms with Crippen molar-refractivity contribution in [3.05, 3.63) is 0 Å². The molecule has 0 saturated carbocycles. The van der Waals surface area contributed by atoms with E-state index in [1.54, 1.807) is 0 Å². The van der Waals surface area contributed by atoms with Crippen molar-refractivity contribution in [1.29, 1.82) is 0 Å². The van der Waals surface area contributed by atoms with Gasteiger partial charge in [0.2, 0.25) is 4.38 Å². The Bertz CT molecular complexity index is 252. The summed E-state index contributed by atoms with van der Waals surface area (Å²) in [7, 11) is 0. The van der Waals surface area contributed by atoms with E-state index in [1.165, 1.54) is 0 Å². The molecule has 4 nitrogen and oxygen atoms in total. The first-order valence-electron chi connectivity index (χ1n) is 4.52. The van der Waals surface area contributed by atoms with Gasteiger partial charge in [-0.05, 0) is 25.6 Å². The first-order chi connectivity index (χ1) is 6.95. The molecular weight excluding hydrogens is 236 g/mol. The van der Waals surface area contributed by atoms with Crippen LogP contribution < -0.4 is 0 Å².